The van der Waals surface area contributed by atoms with Gasteiger partial charge >= 0.3 is 6.09 Å². The van der Waals surface area contributed by atoms with Crippen LogP contribution in [0.1, 0.15) is 59.7 Å². The third kappa shape index (κ3) is 4.42. The van der Waals surface area contributed by atoms with Gasteiger partial charge in [-0.1, -0.05) is 19.9 Å². The Hall–Kier alpha value is -1.86. The SMILES string of the molecule is CC1(C)CCC(NC(=O)OC(C)(C)C)(c2nc3ccc(-c4ccc(Br)s4)cc3[nH]2)C1. The zero-order valence-electron chi connectivity index (χ0n) is 18.1. The van der Waals surface area contributed by atoms with E-state index < -0.39 is 17.2 Å². The zero-order valence-corrected chi connectivity index (χ0v) is 20.5. The fourth-order valence-corrected chi connectivity index (χ4v) is 5.65. The molecule has 7 heteroatoms. The van der Waals surface area contributed by atoms with Gasteiger partial charge < -0.3 is 15.0 Å². The summed E-state index contributed by atoms with van der Waals surface area (Å²) in [5.41, 5.74) is 2.03. The molecule has 1 atom stereocenters. The lowest BCUT2D eigenvalue weighted by Crippen LogP contribution is -2.47. The second-order valence-electron chi connectivity index (χ2n) is 9.97. The van der Waals surface area contributed by atoms with Crippen molar-refractivity contribution >= 4 is 44.4 Å². The predicted octanol–water partition coefficient (Wildman–Crippen LogP) is 6.98. The smallest absolute Gasteiger partial charge is 0.408 e. The van der Waals surface area contributed by atoms with Gasteiger partial charge in [0.05, 0.1) is 14.8 Å². The third-order valence-corrected chi connectivity index (χ3v) is 7.21. The first-order chi connectivity index (χ1) is 13.9. The quantitative estimate of drug-likeness (QED) is 0.416. The minimum atomic E-state index is -0.559. The van der Waals surface area contributed by atoms with E-state index in [-0.39, 0.29) is 5.41 Å². The Bertz CT molecular complexity index is 1100. The number of thiophene rings is 1. The highest BCUT2D eigenvalue weighted by Crippen LogP contribution is 2.48. The number of hydrogen-bond donors (Lipinski definition) is 2. The van der Waals surface area contributed by atoms with Gasteiger partial charge in [-0.25, -0.2) is 9.78 Å². The number of benzene rings is 1. The summed E-state index contributed by atoms with van der Waals surface area (Å²) in [5.74, 6) is 0.804. The van der Waals surface area contributed by atoms with Gasteiger partial charge in [-0.3, -0.25) is 0 Å². The number of halogens is 1. The molecule has 2 heterocycles. The van der Waals surface area contributed by atoms with Crippen LogP contribution in [0.15, 0.2) is 34.1 Å². The molecule has 160 valence electrons. The van der Waals surface area contributed by atoms with Gasteiger partial charge in [0.15, 0.2) is 0 Å². The minimum absolute atomic E-state index is 0.113. The minimum Gasteiger partial charge on any atom is -0.444 e. The lowest BCUT2D eigenvalue weighted by atomic mass is 9.87. The van der Waals surface area contributed by atoms with Crippen molar-refractivity contribution in [1.82, 2.24) is 15.3 Å². The van der Waals surface area contributed by atoms with Gasteiger partial charge in [0, 0.05) is 4.88 Å². The van der Waals surface area contributed by atoms with Crippen molar-refractivity contribution in [3.05, 3.63) is 39.9 Å². The average molecular weight is 490 g/mol. The first-order valence-corrected chi connectivity index (χ1v) is 11.8. The Morgan fingerprint density at radius 2 is 2.00 bits per heavy atom. The third-order valence-electron chi connectivity index (χ3n) is 5.54. The van der Waals surface area contributed by atoms with Crippen LogP contribution in [0.2, 0.25) is 0 Å². The zero-order chi connectivity index (χ0) is 21.7. The molecule has 0 bridgehead atoms. The molecule has 0 aliphatic heterocycles. The van der Waals surface area contributed by atoms with Gasteiger partial charge in [-0.2, -0.15) is 0 Å². The highest BCUT2D eigenvalue weighted by Gasteiger charge is 2.48. The van der Waals surface area contributed by atoms with Crippen molar-refractivity contribution in [1.29, 1.82) is 0 Å². The normalized spacial score (nSPS) is 21.1. The lowest BCUT2D eigenvalue weighted by molar-refractivity contribution is 0.0442. The molecule has 0 radical (unpaired) electrons. The molecule has 1 saturated carbocycles. The van der Waals surface area contributed by atoms with Crippen molar-refractivity contribution < 1.29 is 9.53 Å². The number of amides is 1. The maximum Gasteiger partial charge on any atom is 0.408 e. The number of nitrogens with one attached hydrogen (secondary N) is 2. The standard InChI is InChI=1S/C23H28BrN3O2S/c1-21(2,3)29-20(28)27-23(11-10-22(4,5)13-23)19-25-15-7-6-14(12-16(15)26-19)17-8-9-18(24)30-17/h6-9,12H,10-11,13H2,1-5H3,(H,25,26)(H,27,28). The maximum absolute atomic E-state index is 12.7. The predicted molar refractivity (Wildman–Crippen MR) is 126 cm³/mol. The van der Waals surface area contributed by atoms with Crippen molar-refractivity contribution in [3.63, 3.8) is 0 Å². The Morgan fingerprint density at radius 3 is 2.60 bits per heavy atom. The Balaban J connectivity index is 1.71. The van der Waals surface area contributed by atoms with Gasteiger partial charge in [0.2, 0.25) is 0 Å². The molecule has 30 heavy (non-hydrogen) atoms. The molecule has 2 N–H and O–H groups in total. The second kappa shape index (κ2) is 7.38. The summed E-state index contributed by atoms with van der Waals surface area (Å²) in [6, 6.07) is 10.4. The number of ether oxygens (including phenoxy) is 1. The van der Waals surface area contributed by atoms with E-state index in [9.17, 15) is 4.79 Å². The molecule has 1 amide bonds. The van der Waals surface area contributed by atoms with Crippen LogP contribution in [0, 0.1) is 5.41 Å². The molecule has 1 unspecified atom stereocenters. The van der Waals surface area contributed by atoms with Crippen LogP contribution >= 0.6 is 27.3 Å². The number of alkyl carbamates (subject to hydrolysis) is 1. The molecule has 1 aliphatic rings. The van der Waals surface area contributed by atoms with E-state index in [0.717, 1.165) is 45.5 Å². The molecule has 5 nitrogen and oxygen atoms in total. The number of aromatic nitrogens is 2. The first kappa shape index (κ1) is 21.4. The van der Waals surface area contributed by atoms with Crippen LogP contribution < -0.4 is 5.32 Å². The molecule has 1 fully saturated rings. The number of hydrogen-bond acceptors (Lipinski definition) is 4. The summed E-state index contributed by atoms with van der Waals surface area (Å²) in [6.45, 7) is 10.1. The van der Waals surface area contributed by atoms with E-state index in [0.29, 0.717) is 0 Å². The second-order valence-corrected chi connectivity index (χ2v) is 12.4. The van der Waals surface area contributed by atoms with Crippen molar-refractivity contribution in [2.24, 2.45) is 5.41 Å². The first-order valence-electron chi connectivity index (χ1n) is 10.2. The van der Waals surface area contributed by atoms with Gasteiger partial charge in [0.25, 0.3) is 0 Å². The largest absolute Gasteiger partial charge is 0.444 e. The Morgan fingerprint density at radius 1 is 1.23 bits per heavy atom. The van der Waals surface area contributed by atoms with Crippen LogP contribution in [-0.2, 0) is 10.3 Å². The number of rotatable bonds is 3. The molecule has 0 saturated heterocycles. The monoisotopic (exact) mass is 489 g/mol. The van der Waals surface area contributed by atoms with Gasteiger partial charge in [-0.05, 0) is 91.2 Å². The molecular formula is C23H28BrN3O2S. The summed E-state index contributed by atoms with van der Waals surface area (Å²) >= 11 is 5.24. The number of carbonyl (C=O) groups is 1. The van der Waals surface area contributed by atoms with E-state index in [2.05, 4.69) is 64.3 Å². The fourth-order valence-electron chi connectivity index (χ4n) is 4.27. The van der Waals surface area contributed by atoms with Crippen LogP contribution in [0.25, 0.3) is 21.5 Å². The number of imidazole rings is 1. The van der Waals surface area contributed by atoms with Gasteiger partial charge in [-0.15, -0.1) is 11.3 Å². The summed E-state index contributed by atoms with van der Waals surface area (Å²) in [6.07, 6.45) is 2.24. The molecule has 1 aliphatic carbocycles. The molecule has 4 rings (SSSR count). The number of fused-ring (bicyclic) bond motifs is 1. The highest BCUT2D eigenvalue weighted by molar-refractivity contribution is 9.11. The number of aromatic amines is 1. The molecule has 0 spiro atoms. The number of H-pyrrole nitrogens is 1. The van der Waals surface area contributed by atoms with E-state index in [1.807, 2.05) is 26.8 Å². The maximum atomic E-state index is 12.7. The summed E-state index contributed by atoms with van der Waals surface area (Å²) in [5, 5.41) is 3.17. The molecule has 1 aromatic carbocycles. The van der Waals surface area contributed by atoms with Gasteiger partial charge in [0.1, 0.15) is 17.0 Å². The lowest BCUT2D eigenvalue weighted by Gasteiger charge is -2.31. The van der Waals surface area contributed by atoms with Crippen LogP contribution in [-0.4, -0.2) is 21.7 Å². The van der Waals surface area contributed by atoms with Crippen molar-refractivity contribution in [2.75, 3.05) is 0 Å². The highest BCUT2D eigenvalue weighted by atomic mass is 79.9. The molecule has 3 aromatic rings. The molecular weight excluding hydrogens is 462 g/mol. The van der Waals surface area contributed by atoms with E-state index >= 15 is 0 Å². The fraction of sp³-hybridized carbons (Fsp3) is 0.478. The van der Waals surface area contributed by atoms with Crippen LogP contribution in [0.3, 0.4) is 0 Å². The summed E-state index contributed by atoms with van der Waals surface area (Å²) in [4.78, 5) is 22.3. The number of nitrogens with zero attached hydrogens (tertiary/aromatic N) is 1. The van der Waals surface area contributed by atoms with Crippen molar-refractivity contribution in [3.8, 4) is 10.4 Å². The van der Waals surface area contributed by atoms with E-state index in [4.69, 9.17) is 9.72 Å². The summed E-state index contributed by atoms with van der Waals surface area (Å²) in [7, 11) is 0. The van der Waals surface area contributed by atoms with Crippen LogP contribution in [0.4, 0.5) is 4.79 Å². The summed E-state index contributed by atoms with van der Waals surface area (Å²) < 4.78 is 6.68. The Labute approximate surface area is 189 Å². The Kier molecular flexibility index (Phi) is 5.26. The van der Waals surface area contributed by atoms with Crippen molar-refractivity contribution in [2.45, 2.75) is 65.0 Å². The van der Waals surface area contributed by atoms with Crippen LogP contribution in [0.5, 0.6) is 0 Å². The molecule has 2 aromatic heterocycles. The topological polar surface area (TPSA) is 67.0 Å². The number of carbonyl (C=O) groups excluding carboxylic acids is 1. The average Bonchev–Trinajstić information content (AvgIpc) is 3.30. The van der Waals surface area contributed by atoms with E-state index in [1.54, 1.807) is 11.3 Å². The van der Waals surface area contributed by atoms with E-state index in [1.165, 1.54) is 4.88 Å².